The van der Waals surface area contributed by atoms with Crippen molar-refractivity contribution in [1.82, 2.24) is 0 Å². The van der Waals surface area contributed by atoms with Gasteiger partial charge in [-0.3, -0.25) is 9.69 Å². The van der Waals surface area contributed by atoms with Crippen molar-refractivity contribution in [1.29, 1.82) is 0 Å². The molecule has 0 bridgehead atoms. The lowest BCUT2D eigenvalue weighted by molar-refractivity contribution is -0.113. The van der Waals surface area contributed by atoms with Crippen molar-refractivity contribution in [2.45, 2.75) is 9.99 Å². The van der Waals surface area contributed by atoms with E-state index in [-0.39, 0.29) is 5.91 Å². The standard InChI is InChI=1S/C20H12ClNO2S3/c21-13-5-4-6-14(11-13)22-19(23)17(27-20(22)25)12-15-9-10-18(24-15)26-16-7-2-1-3-8-16/h1-12H. The van der Waals surface area contributed by atoms with Crippen molar-refractivity contribution in [2.24, 2.45) is 0 Å². The molecule has 27 heavy (non-hydrogen) atoms. The average Bonchev–Trinajstić information content (AvgIpc) is 3.20. The zero-order valence-electron chi connectivity index (χ0n) is 13.8. The largest absolute Gasteiger partial charge is 0.450 e. The van der Waals surface area contributed by atoms with Gasteiger partial charge in [0.15, 0.2) is 9.41 Å². The average molecular weight is 430 g/mol. The third-order valence-corrected chi connectivity index (χ3v) is 6.16. The maximum Gasteiger partial charge on any atom is 0.270 e. The van der Waals surface area contributed by atoms with E-state index in [0.717, 1.165) is 9.99 Å². The lowest BCUT2D eigenvalue weighted by atomic mass is 10.3. The number of rotatable bonds is 4. The van der Waals surface area contributed by atoms with Gasteiger partial charge in [0.2, 0.25) is 0 Å². The number of hydrogen-bond donors (Lipinski definition) is 0. The first kappa shape index (κ1) is 18.4. The summed E-state index contributed by atoms with van der Waals surface area (Å²) in [4.78, 5) is 15.9. The minimum Gasteiger partial charge on any atom is -0.450 e. The Morgan fingerprint density at radius 2 is 1.89 bits per heavy atom. The molecule has 1 aromatic heterocycles. The summed E-state index contributed by atoms with van der Waals surface area (Å²) in [7, 11) is 0. The van der Waals surface area contributed by atoms with Gasteiger partial charge in [0.1, 0.15) is 5.76 Å². The van der Waals surface area contributed by atoms with E-state index >= 15 is 0 Å². The van der Waals surface area contributed by atoms with Crippen molar-refractivity contribution in [3.05, 3.63) is 82.4 Å². The minimum absolute atomic E-state index is 0.180. The van der Waals surface area contributed by atoms with Gasteiger partial charge in [-0.2, -0.15) is 0 Å². The van der Waals surface area contributed by atoms with Crippen molar-refractivity contribution in [3.63, 3.8) is 0 Å². The number of carbonyl (C=O) groups is 1. The van der Waals surface area contributed by atoms with Crippen LogP contribution in [0.5, 0.6) is 0 Å². The molecule has 134 valence electrons. The first-order chi connectivity index (χ1) is 13.1. The first-order valence-corrected chi connectivity index (χ1v) is 10.4. The number of amides is 1. The molecule has 0 atom stereocenters. The van der Waals surface area contributed by atoms with Crippen LogP contribution in [0.25, 0.3) is 6.08 Å². The van der Waals surface area contributed by atoms with Crippen molar-refractivity contribution in [2.75, 3.05) is 4.90 Å². The number of anilines is 1. The van der Waals surface area contributed by atoms with Crippen LogP contribution in [0.1, 0.15) is 5.76 Å². The summed E-state index contributed by atoms with van der Waals surface area (Å²) in [6.45, 7) is 0. The number of carbonyl (C=O) groups excluding carboxylic acids is 1. The zero-order valence-corrected chi connectivity index (χ0v) is 17.0. The third-order valence-electron chi connectivity index (χ3n) is 3.70. The normalized spacial score (nSPS) is 15.7. The Labute approximate surface area is 175 Å². The van der Waals surface area contributed by atoms with E-state index in [4.69, 9.17) is 28.2 Å². The maximum absolute atomic E-state index is 12.8. The van der Waals surface area contributed by atoms with E-state index in [2.05, 4.69) is 0 Å². The van der Waals surface area contributed by atoms with E-state index in [1.54, 1.807) is 30.3 Å². The van der Waals surface area contributed by atoms with E-state index in [0.29, 0.717) is 25.7 Å². The number of thiocarbonyl (C=S) groups is 1. The van der Waals surface area contributed by atoms with Crippen LogP contribution in [0.2, 0.25) is 5.02 Å². The van der Waals surface area contributed by atoms with Crippen LogP contribution < -0.4 is 4.90 Å². The molecule has 0 spiro atoms. The summed E-state index contributed by atoms with van der Waals surface area (Å²) >= 11 is 14.2. The Morgan fingerprint density at radius 1 is 1.07 bits per heavy atom. The summed E-state index contributed by atoms with van der Waals surface area (Å²) in [5.41, 5.74) is 0.660. The Hall–Kier alpha value is -1.99. The Bertz CT molecular complexity index is 1050. The molecular formula is C20H12ClNO2S3. The lowest BCUT2D eigenvalue weighted by Crippen LogP contribution is -2.27. The van der Waals surface area contributed by atoms with Crippen LogP contribution in [0.15, 0.2) is 86.0 Å². The molecule has 0 unspecified atom stereocenters. The molecule has 2 aromatic carbocycles. The monoisotopic (exact) mass is 429 g/mol. The highest BCUT2D eigenvalue weighted by Crippen LogP contribution is 2.37. The topological polar surface area (TPSA) is 33.5 Å². The first-order valence-electron chi connectivity index (χ1n) is 7.96. The SMILES string of the molecule is O=C1C(=Cc2ccc(Sc3ccccc3)o2)SC(=S)N1c1cccc(Cl)c1. The van der Waals surface area contributed by atoms with E-state index in [1.165, 1.54) is 28.4 Å². The highest BCUT2D eigenvalue weighted by atomic mass is 35.5. The molecule has 2 heterocycles. The van der Waals surface area contributed by atoms with Gasteiger partial charge in [0, 0.05) is 16.0 Å². The van der Waals surface area contributed by atoms with E-state index in [1.807, 2.05) is 42.5 Å². The van der Waals surface area contributed by atoms with Crippen LogP contribution in [-0.2, 0) is 4.79 Å². The van der Waals surface area contributed by atoms with Gasteiger partial charge in [-0.05, 0) is 42.5 Å². The van der Waals surface area contributed by atoms with Crippen LogP contribution in [-0.4, -0.2) is 10.2 Å². The van der Waals surface area contributed by atoms with Crippen LogP contribution in [0.4, 0.5) is 5.69 Å². The summed E-state index contributed by atoms with van der Waals surface area (Å²) in [5.74, 6) is 0.431. The summed E-state index contributed by atoms with van der Waals surface area (Å²) in [6.07, 6.45) is 1.72. The van der Waals surface area contributed by atoms with Gasteiger partial charge in [0.25, 0.3) is 5.91 Å². The fourth-order valence-corrected chi connectivity index (χ4v) is 4.77. The second kappa shape index (κ2) is 7.94. The minimum atomic E-state index is -0.180. The molecular weight excluding hydrogens is 418 g/mol. The highest BCUT2D eigenvalue weighted by molar-refractivity contribution is 8.27. The Balaban J connectivity index is 1.55. The maximum atomic E-state index is 12.8. The molecule has 0 N–H and O–H groups in total. The molecule has 4 rings (SSSR count). The molecule has 1 saturated heterocycles. The number of nitrogens with zero attached hydrogens (tertiary/aromatic N) is 1. The van der Waals surface area contributed by atoms with Crippen LogP contribution in [0, 0.1) is 0 Å². The lowest BCUT2D eigenvalue weighted by Gasteiger charge is -2.14. The van der Waals surface area contributed by atoms with E-state index < -0.39 is 0 Å². The number of thioether (sulfide) groups is 1. The second-order valence-corrected chi connectivity index (χ2v) is 8.76. The molecule has 0 saturated carbocycles. The number of hydrogen-bond acceptors (Lipinski definition) is 5. The van der Waals surface area contributed by atoms with Gasteiger partial charge in [-0.15, -0.1) is 0 Å². The molecule has 1 aliphatic rings. The zero-order chi connectivity index (χ0) is 18.8. The fourth-order valence-electron chi connectivity index (χ4n) is 2.51. The van der Waals surface area contributed by atoms with Gasteiger partial charge >= 0.3 is 0 Å². The van der Waals surface area contributed by atoms with Crippen molar-refractivity contribution in [3.8, 4) is 0 Å². The van der Waals surface area contributed by atoms with Crippen molar-refractivity contribution >= 4 is 69.3 Å². The number of halogens is 1. The van der Waals surface area contributed by atoms with Crippen LogP contribution >= 0.6 is 47.3 Å². The summed E-state index contributed by atoms with van der Waals surface area (Å²) < 4.78 is 6.30. The quantitative estimate of drug-likeness (QED) is 0.349. The van der Waals surface area contributed by atoms with Gasteiger partial charge in [-0.25, -0.2) is 0 Å². The second-order valence-electron chi connectivity index (χ2n) is 5.57. The number of furan rings is 1. The van der Waals surface area contributed by atoms with E-state index in [9.17, 15) is 4.79 Å². The molecule has 3 nitrogen and oxygen atoms in total. The fraction of sp³-hybridized carbons (Fsp3) is 0. The summed E-state index contributed by atoms with van der Waals surface area (Å²) in [6, 6.07) is 20.8. The van der Waals surface area contributed by atoms with Gasteiger partial charge in [0.05, 0.1) is 10.6 Å². The molecule has 0 aliphatic carbocycles. The molecule has 0 radical (unpaired) electrons. The summed E-state index contributed by atoms with van der Waals surface area (Å²) in [5, 5.41) is 1.32. The third kappa shape index (κ3) is 4.14. The predicted octanol–water partition coefficient (Wildman–Crippen LogP) is 6.49. The van der Waals surface area contributed by atoms with Gasteiger partial charge < -0.3 is 4.42 Å². The molecule has 1 fully saturated rings. The Morgan fingerprint density at radius 3 is 2.67 bits per heavy atom. The molecule has 1 aliphatic heterocycles. The van der Waals surface area contributed by atoms with Crippen molar-refractivity contribution < 1.29 is 9.21 Å². The Kier molecular flexibility index (Phi) is 5.41. The molecule has 7 heteroatoms. The van der Waals surface area contributed by atoms with Gasteiger partial charge in [-0.1, -0.05) is 71.6 Å². The molecule has 1 amide bonds. The number of benzene rings is 2. The van der Waals surface area contributed by atoms with Crippen LogP contribution in [0.3, 0.4) is 0 Å². The molecule has 3 aromatic rings. The highest BCUT2D eigenvalue weighted by Gasteiger charge is 2.33. The smallest absolute Gasteiger partial charge is 0.270 e. The predicted molar refractivity (Wildman–Crippen MR) is 116 cm³/mol.